The van der Waals surface area contributed by atoms with Crippen molar-refractivity contribution in [3.8, 4) is 0 Å². The topological polar surface area (TPSA) is 29.1 Å². The Bertz CT molecular complexity index is 464. The molecule has 1 amide bonds. The van der Waals surface area contributed by atoms with Crippen molar-refractivity contribution in [2.75, 3.05) is 5.32 Å². The van der Waals surface area contributed by atoms with Crippen LogP contribution in [-0.2, 0) is 4.79 Å². The van der Waals surface area contributed by atoms with E-state index in [4.69, 9.17) is 0 Å². The predicted octanol–water partition coefficient (Wildman–Crippen LogP) is 3.71. The summed E-state index contributed by atoms with van der Waals surface area (Å²) in [4.78, 5) is 11.7. The third-order valence-corrected chi connectivity index (χ3v) is 3.54. The van der Waals surface area contributed by atoms with E-state index in [1.165, 1.54) is 0 Å². The molecule has 0 saturated heterocycles. The van der Waals surface area contributed by atoms with E-state index in [0.717, 1.165) is 18.6 Å². The molecule has 0 spiro atoms. The first-order valence-corrected chi connectivity index (χ1v) is 6.06. The van der Waals surface area contributed by atoms with Crippen LogP contribution in [0.5, 0.6) is 0 Å². The van der Waals surface area contributed by atoms with Crippen LogP contribution in [0.25, 0.3) is 0 Å². The van der Waals surface area contributed by atoms with Gasteiger partial charge in [0.15, 0.2) is 11.6 Å². The molecule has 1 aromatic carbocycles. The molecule has 0 aliphatic heterocycles. The van der Waals surface area contributed by atoms with Crippen LogP contribution in [-0.4, -0.2) is 5.91 Å². The van der Waals surface area contributed by atoms with E-state index in [0.29, 0.717) is 4.47 Å². The van der Waals surface area contributed by atoms with Gasteiger partial charge >= 0.3 is 0 Å². The van der Waals surface area contributed by atoms with Gasteiger partial charge in [-0.2, -0.15) is 0 Å². The van der Waals surface area contributed by atoms with Crippen LogP contribution in [0.1, 0.15) is 20.3 Å². The van der Waals surface area contributed by atoms with Gasteiger partial charge in [0, 0.05) is 10.4 Å². The highest BCUT2D eigenvalue weighted by atomic mass is 79.9. The number of rotatable bonds is 2. The quantitative estimate of drug-likeness (QED) is 0.886. The van der Waals surface area contributed by atoms with Gasteiger partial charge in [-0.15, -0.1) is 0 Å². The maximum atomic E-state index is 13.5. The van der Waals surface area contributed by atoms with Crippen LogP contribution in [0.3, 0.4) is 0 Å². The Labute approximate surface area is 107 Å². The van der Waals surface area contributed by atoms with Gasteiger partial charge in [0.1, 0.15) is 5.69 Å². The van der Waals surface area contributed by atoms with E-state index in [1.807, 2.05) is 13.8 Å². The first kappa shape index (κ1) is 12.5. The summed E-state index contributed by atoms with van der Waals surface area (Å²) in [6.45, 7) is 3.90. The van der Waals surface area contributed by atoms with Crippen LogP contribution in [0.4, 0.5) is 14.5 Å². The molecule has 1 atom stereocenters. The van der Waals surface area contributed by atoms with Crippen molar-refractivity contribution in [3.05, 3.63) is 28.2 Å². The molecule has 0 heterocycles. The average Bonchev–Trinajstić information content (AvgIpc) is 2.81. The van der Waals surface area contributed by atoms with E-state index in [-0.39, 0.29) is 22.9 Å². The highest BCUT2D eigenvalue weighted by molar-refractivity contribution is 9.10. The molecule has 1 N–H and O–H groups in total. The zero-order valence-corrected chi connectivity index (χ0v) is 11.1. The van der Waals surface area contributed by atoms with E-state index in [1.54, 1.807) is 0 Å². The Kier molecular flexibility index (Phi) is 2.97. The number of nitrogens with one attached hydrogen (secondary N) is 1. The molecule has 1 aliphatic rings. The maximum Gasteiger partial charge on any atom is 0.228 e. The fourth-order valence-corrected chi connectivity index (χ4v) is 2.19. The van der Waals surface area contributed by atoms with Gasteiger partial charge in [0.25, 0.3) is 0 Å². The van der Waals surface area contributed by atoms with Crippen LogP contribution in [0.15, 0.2) is 16.6 Å². The Balaban J connectivity index is 2.17. The Morgan fingerprint density at radius 3 is 2.29 bits per heavy atom. The van der Waals surface area contributed by atoms with Crippen LogP contribution < -0.4 is 5.32 Å². The van der Waals surface area contributed by atoms with Gasteiger partial charge in [-0.3, -0.25) is 4.79 Å². The summed E-state index contributed by atoms with van der Waals surface area (Å²) in [6, 6.07) is 2.24. The normalized spacial score (nSPS) is 21.1. The third-order valence-electron chi connectivity index (χ3n) is 3.08. The molecule has 1 aliphatic carbocycles. The summed E-state index contributed by atoms with van der Waals surface area (Å²) in [5.41, 5.74) is -0.437. The van der Waals surface area contributed by atoms with Gasteiger partial charge in [-0.1, -0.05) is 29.8 Å². The summed E-state index contributed by atoms with van der Waals surface area (Å²) in [6.07, 6.45) is 0.749. The van der Waals surface area contributed by atoms with Crippen LogP contribution >= 0.6 is 15.9 Å². The van der Waals surface area contributed by atoms with Crippen LogP contribution in [0, 0.1) is 23.0 Å². The fourth-order valence-electron chi connectivity index (χ4n) is 1.79. The van der Waals surface area contributed by atoms with E-state index >= 15 is 0 Å². The molecule has 0 aromatic heterocycles. The highest BCUT2D eigenvalue weighted by Crippen LogP contribution is 2.52. The molecule has 1 saturated carbocycles. The molecular formula is C12H12BrF2NO. The number of carbonyl (C=O) groups is 1. The fraction of sp³-hybridized carbons (Fsp3) is 0.417. The summed E-state index contributed by atoms with van der Waals surface area (Å²) in [5.74, 6) is -2.03. The highest BCUT2D eigenvalue weighted by Gasteiger charge is 2.50. The number of hydrogen-bond donors (Lipinski definition) is 1. The van der Waals surface area contributed by atoms with Crippen molar-refractivity contribution >= 4 is 27.5 Å². The van der Waals surface area contributed by atoms with Crippen LogP contribution in [0.2, 0.25) is 0 Å². The van der Waals surface area contributed by atoms with Gasteiger partial charge in [0.2, 0.25) is 5.91 Å². The number of benzene rings is 1. The van der Waals surface area contributed by atoms with Crippen molar-refractivity contribution in [2.45, 2.75) is 20.3 Å². The van der Waals surface area contributed by atoms with Gasteiger partial charge < -0.3 is 5.32 Å². The summed E-state index contributed by atoms with van der Waals surface area (Å²) in [7, 11) is 0. The number of halogens is 3. The number of carbonyl (C=O) groups excluding carboxylic acids is 1. The molecule has 2 nitrogen and oxygen atoms in total. The molecule has 17 heavy (non-hydrogen) atoms. The molecule has 0 bridgehead atoms. The molecule has 2 rings (SSSR count). The predicted molar refractivity (Wildman–Crippen MR) is 64.6 cm³/mol. The number of anilines is 1. The minimum atomic E-state index is -0.774. The maximum absolute atomic E-state index is 13.5. The summed E-state index contributed by atoms with van der Waals surface area (Å²) >= 11 is 2.98. The molecule has 1 unspecified atom stereocenters. The molecule has 1 fully saturated rings. The largest absolute Gasteiger partial charge is 0.321 e. The van der Waals surface area contributed by atoms with Gasteiger partial charge in [-0.05, 0) is 24.0 Å². The van der Waals surface area contributed by atoms with Crippen molar-refractivity contribution in [3.63, 3.8) is 0 Å². The lowest BCUT2D eigenvalue weighted by Crippen LogP contribution is -2.18. The first-order valence-electron chi connectivity index (χ1n) is 5.26. The number of amides is 1. The van der Waals surface area contributed by atoms with Gasteiger partial charge in [0.05, 0.1) is 0 Å². The SMILES string of the molecule is CC1(C)CC1C(=O)Nc1c(F)cc(Br)cc1F. The van der Waals surface area contributed by atoms with Crippen molar-refractivity contribution in [2.24, 2.45) is 11.3 Å². The average molecular weight is 304 g/mol. The molecule has 5 heteroatoms. The Morgan fingerprint density at radius 1 is 1.41 bits per heavy atom. The second-order valence-corrected chi connectivity index (χ2v) is 5.89. The standard InChI is InChI=1S/C12H12BrF2NO/c1-12(2)5-7(12)11(17)16-10-8(14)3-6(13)4-9(10)15/h3-4,7H,5H2,1-2H3,(H,16,17). The minimum absolute atomic E-state index is 0.0631. The Morgan fingerprint density at radius 2 is 1.88 bits per heavy atom. The van der Waals surface area contributed by atoms with E-state index in [9.17, 15) is 13.6 Å². The van der Waals surface area contributed by atoms with Crippen molar-refractivity contribution < 1.29 is 13.6 Å². The second kappa shape index (κ2) is 4.05. The lowest BCUT2D eigenvalue weighted by Gasteiger charge is -2.09. The number of hydrogen-bond acceptors (Lipinski definition) is 1. The molecule has 0 radical (unpaired) electrons. The van der Waals surface area contributed by atoms with Crippen molar-refractivity contribution in [1.29, 1.82) is 0 Å². The zero-order chi connectivity index (χ0) is 12.8. The Hall–Kier alpha value is -0.970. The first-order chi connectivity index (χ1) is 7.81. The zero-order valence-electron chi connectivity index (χ0n) is 9.48. The lowest BCUT2D eigenvalue weighted by atomic mass is 10.1. The molecular weight excluding hydrogens is 292 g/mol. The molecule has 1 aromatic rings. The van der Waals surface area contributed by atoms with Crippen molar-refractivity contribution in [1.82, 2.24) is 0 Å². The lowest BCUT2D eigenvalue weighted by molar-refractivity contribution is -0.118. The monoisotopic (exact) mass is 303 g/mol. The van der Waals surface area contributed by atoms with E-state index < -0.39 is 11.6 Å². The summed E-state index contributed by atoms with van der Waals surface area (Å²) < 4.78 is 27.2. The smallest absolute Gasteiger partial charge is 0.228 e. The summed E-state index contributed by atoms with van der Waals surface area (Å²) in [5, 5.41) is 2.31. The molecule has 92 valence electrons. The second-order valence-electron chi connectivity index (χ2n) is 4.98. The van der Waals surface area contributed by atoms with E-state index in [2.05, 4.69) is 21.2 Å². The third kappa shape index (κ3) is 2.49. The van der Waals surface area contributed by atoms with Gasteiger partial charge in [-0.25, -0.2) is 8.78 Å². The minimum Gasteiger partial charge on any atom is -0.321 e.